The Balaban J connectivity index is 2.10. The first-order valence-electron chi connectivity index (χ1n) is 5.11. The number of carbonyl (C=O) groups is 2. The molecule has 0 spiro atoms. The highest BCUT2D eigenvalue weighted by molar-refractivity contribution is 9.10. The highest BCUT2D eigenvalue weighted by atomic mass is 79.9. The molecule has 1 atom stereocenters. The number of carbonyl (C=O) groups excluding carboxylic acids is 1. The average molecular weight is 299 g/mol. The maximum atomic E-state index is 11.7. The number of halogens is 1. The molecule has 1 fully saturated rings. The minimum absolute atomic E-state index is 0.0568. The van der Waals surface area contributed by atoms with Crippen LogP contribution in [0, 0.1) is 0 Å². The summed E-state index contributed by atoms with van der Waals surface area (Å²) in [5, 5.41) is 11.3. The summed E-state index contributed by atoms with van der Waals surface area (Å²) in [6, 6.07) is 6.72. The predicted octanol–water partition coefficient (Wildman–Crippen LogP) is 1.82. The van der Waals surface area contributed by atoms with Gasteiger partial charge in [0.2, 0.25) is 0 Å². The van der Waals surface area contributed by atoms with Crippen LogP contribution in [0.25, 0.3) is 0 Å². The van der Waals surface area contributed by atoms with E-state index in [-0.39, 0.29) is 18.5 Å². The first kappa shape index (κ1) is 11.9. The molecule has 2 amide bonds. The lowest BCUT2D eigenvalue weighted by atomic mass is 10.2. The number of urea groups is 1. The van der Waals surface area contributed by atoms with Crippen LogP contribution in [-0.2, 0) is 4.79 Å². The number of anilines is 1. The highest BCUT2D eigenvalue weighted by Crippen LogP contribution is 2.21. The minimum Gasteiger partial charge on any atom is -0.481 e. The molecule has 5 nitrogen and oxygen atoms in total. The van der Waals surface area contributed by atoms with Crippen molar-refractivity contribution in [2.24, 2.45) is 0 Å². The SMILES string of the molecule is O=C(O)CC1CN(c2ccc(Br)cc2)C(=O)N1. The van der Waals surface area contributed by atoms with Gasteiger partial charge in [-0.3, -0.25) is 9.69 Å². The summed E-state index contributed by atoms with van der Waals surface area (Å²) in [5.74, 6) is -0.909. The molecule has 1 saturated heterocycles. The molecule has 1 heterocycles. The first-order chi connectivity index (χ1) is 8.06. The predicted molar refractivity (Wildman–Crippen MR) is 66.1 cm³/mol. The molecular formula is C11H11BrN2O3. The van der Waals surface area contributed by atoms with Crippen LogP contribution in [0.5, 0.6) is 0 Å². The van der Waals surface area contributed by atoms with E-state index in [1.165, 1.54) is 0 Å². The summed E-state index contributed by atoms with van der Waals surface area (Å²) < 4.78 is 0.933. The first-order valence-corrected chi connectivity index (χ1v) is 5.91. The average Bonchev–Trinajstić information content (AvgIpc) is 2.59. The molecule has 2 N–H and O–H groups in total. The number of nitrogens with zero attached hydrogens (tertiary/aromatic N) is 1. The van der Waals surface area contributed by atoms with Gasteiger partial charge in [0.1, 0.15) is 0 Å². The van der Waals surface area contributed by atoms with Gasteiger partial charge in [-0.2, -0.15) is 0 Å². The molecule has 2 rings (SSSR count). The lowest BCUT2D eigenvalue weighted by molar-refractivity contribution is -0.137. The van der Waals surface area contributed by atoms with E-state index in [1.54, 1.807) is 4.90 Å². The third-order valence-corrected chi connectivity index (χ3v) is 3.06. The van der Waals surface area contributed by atoms with Crippen molar-refractivity contribution < 1.29 is 14.7 Å². The molecule has 1 unspecified atom stereocenters. The molecule has 1 aromatic rings. The van der Waals surface area contributed by atoms with Gasteiger partial charge in [0, 0.05) is 16.7 Å². The molecule has 6 heteroatoms. The molecule has 1 aliphatic heterocycles. The van der Waals surface area contributed by atoms with Gasteiger partial charge in [0.15, 0.2) is 0 Å². The third kappa shape index (κ3) is 2.76. The Hall–Kier alpha value is -1.56. The van der Waals surface area contributed by atoms with Gasteiger partial charge in [-0.1, -0.05) is 15.9 Å². The van der Waals surface area contributed by atoms with Crippen LogP contribution in [0.2, 0.25) is 0 Å². The minimum atomic E-state index is -0.909. The van der Waals surface area contributed by atoms with E-state index in [4.69, 9.17) is 5.11 Å². The van der Waals surface area contributed by atoms with E-state index in [9.17, 15) is 9.59 Å². The van der Waals surface area contributed by atoms with Crippen LogP contribution in [0.15, 0.2) is 28.7 Å². The lowest BCUT2D eigenvalue weighted by Crippen LogP contribution is -2.29. The highest BCUT2D eigenvalue weighted by Gasteiger charge is 2.30. The van der Waals surface area contributed by atoms with Crippen molar-refractivity contribution in [3.63, 3.8) is 0 Å². The van der Waals surface area contributed by atoms with Crippen LogP contribution < -0.4 is 10.2 Å². The fourth-order valence-electron chi connectivity index (χ4n) is 1.77. The number of carboxylic acid groups (broad SMARTS) is 1. The smallest absolute Gasteiger partial charge is 0.322 e. The Morgan fingerprint density at radius 2 is 2.12 bits per heavy atom. The van der Waals surface area contributed by atoms with Crippen molar-refractivity contribution >= 4 is 33.6 Å². The van der Waals surface area contributed by atoms with Crippen molar-refractivity contribution in [3.05, 3.63) is 28.7 Å². The number of hydrogen-bond donors (Lipinski definition) is 2. The Morgan fingerprint density at radius 1 is 1.47 bits per heavy atom. The molecule has 0 aliphatic carbocycles. The summed E-state index contributed by atoms with van der Waals surface area (Å²) in [5.41, 5.74) is 0.763. The molecule has 0 aromatic heterocycles. The van der Waals surface area contributed by atoms with E-state index in [0.29, 0.717) is 6.54 Å². The van der Waals surface area contributed by atoms with E-state index in [0.717, 1.165) is 10.2 Å². The van der Waals surface area contributed by atoms with E-state index in [1.807, 2.05) is 24.3 Å². The molecule has 0 radical (unpaired) electrons. The van der Waals surface area contributed by atoms with Gasteiger partial charge < -0.3 is 10.4 Å². The zero-order chi connectivity index (χ0) is 12.4. The molecule has 17 heavy (non-hydrogen) atoms. The van der Waals surface area contributed by atoms with E-state index < -0.39 is 5.97 Å². The normalized spacial score (nSPS) is 19.2. The lowest BCUT2D eigenvalue weighted by Gasteiger charge is -2.14. The number of rotatable bonds is 3. The zero-order valence-electron chi connectivity index (χ0n) is 8.89. The second kappa shape index (κ2) is 4.75. The summed E-state index contributed by atoms with van der Waals surface area (Å²) in [7, 11) is 0. The Bertz CT molecular complexity index is 447. The van der Waals surface area contributed by atoms with Crippen molar-refractivity contribution in [2.75, 3.05) is 11.4 Å². The van der Waals surface area contributed by atoms with Gasteiger partial charge in [0.25, 0.3) is 0 Å². The van der Waals surface area contributed by atoms with Crippen molar-refractivity contribution in [1.29, 1.82) is 0 Å². The van der Waals surface area contributed by atoms with Crippen molar-refractivity contribution in [2.45, 2.75) is 12.5 Å². The quantitative estimate of drug-likeness (QED) is 0.894. The van der Waals surface area contributed by atoms with Gasteiger partial charge >= 0.3 is 12.0 Å². The van der Waals surface area contributed by atoms with Gasteiger partial charge in [0.05, 0.1) is 12.5 Å². The van der Waals surface area contributed by atoms with Crippen LogP contribution in [0.1, 0.15) is 6.42 Å². The van der Waals surface area contributed by atoms with E-state index in [2.05, 4.69) is 21.2 Å². The number of nitrogens with one attached hydrogen (secondary N) is 1. The summed E-state index contributed by atoms with van der Waals surface area (Å²) in [6.45, 7) is 0.382. The molecular weight excluding hydrogens is 288 g/mol. The van der Waals surface area contributed by atoms with Crippen LogP contribution in [0.4, 0.5) is 10.5 Å². The monoisotopic (exact) mass is 298 g/mol. The largest absolute Gasteiger partial charge is 0.481 e. The fraction of sp³-hybridized carbons (Fsp3) is 0.273. The van der Waals surface area contributed by atoms with Crippen LogP contribution in [-0.4, -0.2) is 29.7 Å². The number of carboxylic acids is 1. The van der Waals surface area contributed by atoms with Crippen LogP contribution in [0.3, 0.4) is 0 Å². The summed E-state index contributed by atoms with van der Waals surface area (Å²) in [6.07, 6.45) is -0.0568. The van der Waals surface area contributed by atoms with Gasteiger partial charge in [-0.25, -0.2) is 4.79 Å². The second-order valence-electron chi connectivity index (χ2n) is 3.83. The molecule has 1 aromatic carbocycles. The Kier molecular flexibility index (Phi) is 3.33. The topological polar surface area (TPSA) is 69.6 Å². The Morgan fingerprint density at radius 3 is 2.71 bits per heavy atom. The van der Waals surface area contributed by atoms with Gasteiger partial charge in [-0.15, -0.1) is 0 Å². The summed E-state index contributed by atoms with van der Waals surface area (Å²) >= 11 is 3.32. The Labute approximate surface area is 107 Å². The molecule has 0 saturated carbocycles. The van der Waals surface area contributed by atoms with Crippen molar-refractivity contribution in [3.8, 4) is 0 Å². The number of benzene rings is 1. The second-order valence-corrected chi connectivity index (χ2v) is 4.75. The number of aliphatic carboxylic acids is 1. The molecule has 90 valence electrons. The third-order valence-electron chi connectivity index (χ3n) is 2.54. The van der Waals surface area contributed by atoms with E-state index >= 15 is 0 Å². The maximum Gasteiger partial charge on any atom is 0.322 e. The van der Waals surface area contributed by atoms with Gasteiger partial charge in [-0.05, 0) is 24.3 Å². The number of amides is 2. The maximum absolute atomic E-state index is 11.7. The fourth-order valence-corrected chi connectivity index (χ4v) is 2.04. The van der Waals surface area contributed by atoms with Crippen LogP contribution >= 0.6 is 15.9 Å². The molecule has 0 bridgehead atoms. The zero-order valence-corrected chi connectivity index (χ0v) is 10.5. The van der Waals surface area contributed by atoms with Crippen molar-refractivity contribution in [1.82, 2.24) is 5.32 Å². The standard InChI is InChI=1S/C11H11BrN2O3/c12-7-1-3-9(4-2-7)14-6-8(5-10(15)16)13-11(14)17/h1-4,8H,5-6H2,(H,13,17)(H,15,16). The number of hydrogen-bond acceptors (Lipinski definition) is 2. The molecule has 1 aliphatic rings. The summed E-state index contributed by atoms with van der Waals surface area (Å²) in [4.78, 5) is 23.8.